The van der Waals surface area contributed by atoms with E-state index in [0.717, 1.165) is 25.7 Å². The maximum atomic E-state index is 12.5. The highest BCUT2D eigenvalue weighted by Crippen LogP contribution is 2.33. The summed E-state index contributed by atoms with van der Waals surface area (Å²) in [6.07, 6.45) is 5.51. The van der Waals surface area contributed by atoms with E-state index in [0.29, 0.717) is 31.3 Å². The Morgan fingerprint density at radius 1 is 1.14 bits per heavy atom. The molecule has 0 heterocycles. The van der Waals surface area contributed by atoms with Gasteiger partial charge in [0.15, 0.2) is 0 Å². The fourth-order valence-corrected chi connectivity index (χ4v) is 2.84. The van der Waals surface area contributed by atoms with Crippen LogP contribution in [0, 0.1) is 17.3 Å². The van der Waals surface area contributed by atoms with Crippen LogP contribution in [0.3, 0.4) is 0 Å². The zero-order valence-electron chi connectivity index (χ0n) is 14.8. The third-order valence-corrected chi connectivity index (χ3v) is 4.42. The average Bonchev–Trinajstić information content (AvgIpc) is 2.44. The molecule has 3 heteroatoms. The fourth-order valence-electron chi connectivity index (χ4n) is 2.84. The Bertz CT molecular complexity index is 322. The SMILES string of the molecule is CCCCC(CC)COC(=O)C(CC)(CC(C)C)C(C)=O. The van der Waals surface area contributed by atoms with Gasteiger partial charge in [-0.25, -0.2) is 0 Å². The van der Waals surface area contributed by atoms with Gasteiger partial charge in [-0.2, -0.15) is 0 Å². The molecule has 3 nitrogen and oxygen atoms in total. The average molecular weight is 298 g/mol. The first kappa shape index (κ1) is 20.1. The monoisotopic (exact) mass is 298 g/mol. The first-order valence-electron chi connectivity index (χ1n) is 8.52. The van der Waals surface area contributed by atoms with Gasteiger partial charge in [0.25, 0.3) is 0 Å². The van der Waals surface area contributed by atoms with Crippen molar-refractivity contribution in [2.75, 3.05) is 6.61 Å². The van der Waals surface area contributed by atoms with Crippen LogP contribution in [-0.4, -0.2) is 18.4 Å². The number of esters is 1. The van der Waals surface area contributed by atoms with Gasteiger partial charge in [0.1, 0.15) is 11.2 Å². The molecule has 0 N–H and O–H groups in total. The van der Waals surface area contributed by atoms with Gasteiger partial charge in [0.2, 0.25) is 0 Å². The second-order valence-corrected chi connectivity index (χ2v) is 6.60. The van der Waals surface area contributed by atoms with E-state index >= 15 is 0 Å². The third-order valence-electron chi connectivity index (χ3n) is 4.42. The molecule has 2 unspecified atom stereocenters. The lowest BCUT2D eigenvalue weighted by Gasteiger charge is -2.30. The van der Waals surface area contributed by atoms with Gasteiger partial charge in [0.05, 0.1) is 6.61 Å². The Balaban J connectivity index is 4.78. The number of carbonyl (C=O) groups excluding carboxylic acids is 2. The normalized spacial score (nSPS) is 15.6. The molecule has 0 radical (unpaired) electrons. The van der Waals surface area contributed by atoms with Crippen molar-refractivity contribution in [2.45, 2.75) is 80.1 Å². The van der Waals surface area contributed by atoms with Crippen LogP contribution in [0.5, 0.6) is 0 Å². The van der Waals surface area contributed by atoms with Crippen molar-refractivity contribution in [2.24, 2.45) is 17.3 Å². The molecule has 0 aliphatic carbocycles. The molecule has 0 bridgehead atoms. The molecule has 0 fully saturated rings. The van der Waals surface area contributed by atoms with E-state index in [1.807, 2.05) is 20.8 Å². The maximum absolute atomic E-state index is 12.5. The van der Waals surface area contributed by atoms with Crippen molar-refractivity contribution < 1.29 is 14.3 Å². The van der Waals surface area contributed by atoms with Gasteiger partial charge in [-0.05, 0) is 38.0 Å². The van der Waals surface area contributed by atoms with Crippen molar-refractivity contribution in [3.8, 4) is 0 Å². The summed E-state index contributed by atoms with van der Waals surface area (Å²) in [7, 11) is 0. The predicted molar refractivity (Wildman–Crippen MR) is 87.1 cm³/mol. The van der Waals surface area contributed by atoms with Crippen LogP contribution >= 0.6 is 0 Å². The standard InChI is InChI=1S/C18H34O3/c1-7-10-11-16(8-2)13-21-17(20)18(9-3,15(6)19)12-14(4)5/h14,16H,7-13H2,1-6H3. The Hall–Kier alpha value is -0.860. The number of ketones is 1. The van der Waals surface area contributed by atoms with E-state index in [1.54, 1.807) is 0 Å². The highest BCUT2D eigenvalue weighted by atomic mass is 16.5. The fraction of sp³-hybridized carbons (Fsp3) is 0.889. The minimum atomic E-state index is -0.947. The summed E-state index contributed by atoms with van der Waals surface area (Å²) in [6.45, 7) is 12.2. The topological polar surface area (TPSA) is 43.4 Å². The molecule has 0 saturated heterocycles. The summed E-state index contributed by atoms with van der Waals surface area (Å²) in [4.78, 5) is 24.6. The van der Waals surface area contributed by atoms with Crippen molar-refractivity contribution in [1.82, 2.24) is 0 Å². The molecule has 0 aromatic carbocycles. The minimum absolute atomic E-state index is 0.0645. The molecule has 0 aromatic rings. The summed E-state index contributed by atoms with van der Waals surface area (Å²) in [5.41, 5.74) is -0.947. The molecule has 124 valence electrons. The van der Waals surface area contributed by atoms with Crippen LogP contribution in [0.2, 0.25) is 0 Å². The van der Waals surface area contributed by atoms with Gasteiger partial charge < -0.3 is 4.74 Å². The molecule has 2 atom stereocenters. The Labute approximate surface area is 130 Å². The molecular formula is C18H34O3. The second-order valence-electron chi connectivity index (χ2n) is 6.60. The van der Waals surface area contributed by atoms with E-state index < -0.39 is 5.41 Å². The highest BCUT2D eigenvalue weighted by molar-refractivity contribution is 6.02. The predicted octanol–water partition coefficient (Wildman–Crippen LogP) is 4.78. The molecule has 0 rings (SSSR count). The smallest absolute Gasteiger partial charge is 0.319 e. The van der Waals surface area contributed by atoms with Crippen LogP contribution in [0.4, 0.5) is 0 Å². The molecule has 0 amide bonds. The first-order chi connectivity index (χ1) is 9.83. The summed E-state index contributed by atoms with van der Waals surface area (Å²) in [5.74, 6) is 0.324. The Kier molecular flexibility index (Phi) is 9.56. The molecule has 21 heavy (non-hydrogen) atoms. The van der Waals surface area contributed by atoms with E-state index in [1.165, 1.54) is 6.92 Å². The Morgan fingerprint density at radius 3 is 2.14 bits per heavy atom. The van der Waals surface area contributed by atoms with Crippen LogP contribution in [0.25, 0.3) is 0 Å². The quantitative estimate of drug-likeness (QED) is 0.407. The number of hydrogen-bond donors (Lipinski definition) is 0. The van der Waals surface area contributed by atoms with Crippen LogP contribution in [0.1, 0.15) is 80.1 Å². The lowest BCUT2D eigenvalue weighted by atomic mass is 9.75. The summed E-state index contributed by atoms with van der Waals surface area (Å²) in [6, 6.07) is 0. The largest absolute Gasteiger partial charge is 0.465 e. The van der Waals surface area contributed by atoms with Gasteiger partial charge in [-0.15, -0.1) is 0 Å². The minimum Gasteiger partial charge on any atom is -0.465 e. The molecular weight excluding hydrogens is 264 g/mol. The number of unbranched alkanes of at least 4 members (excludes halogenated alkanes) is 1. The lowest BCUT2D eigenvalue weighted by Crippen LogP contribution is -2.40. The maximum Gasteiger partial charge on any atom is 0.319 e. The third kappa shape index (κ3) is 6.19. The van der Waals surface area contributed by atoms with Gasteiger partial charge in [-0.3, -0.25) is 9.59 Å². The first-order valence-corrected chi connectivity index (χ1v) is 8.52. The van der Waals surface area contributed by atoms with E-state index in [4.69, 9.17) is 4.74 Å². The van der Waals surface area contributed by atoms with Crippen LogP contribution in [0.15, 0.2) is 0 Å². The summed E-state index contributed by atoms with van der Waals surface area (Å²) >= 11 is 0. The van der Waals surface area contributed by atoms with E-state index in [-0.39, 0.29) is 11.8 Å². The van der Waals surface area contributed by atoms with Crippen molar-refractivity contribution >= 4 is 11.8 Å². The number of hydrogen-bond acceptors (Lipinski definition) is 3. The molecule has 0 aliphatic rings. The van der Waals surface area contributed by atoms with Crippen molar-refractivity contribution in [3.05, 3.63) is 0 Å². The van der Waals surface area contributed by atoms with E-state index in [9.17, 15) is 9.59 Å². The van der Waals surface area contributed by atoms with Gasteiger partial charge in [0, 0.05) is 0 Å². The lowest BCUT2D eigenvalue weighted by molar-refractivity contribution is -0.163. The summed E-state index contributed by atoms with van der Waals surface area (Å²) in [5, 5.41) is 0. The van der Waals surface area contributed by atoms with Gasteiger partial charge in [-0.1, -0.05) is 53.9 Å². The number of rotatable bonds is 11. The zero-order valence-corrected chi connectivity index (χ0v) is 14.8. The van der Waals surface area contributed by atoms with E-state index in [2.05, 4.69) is 13.8 Å². The van der Waals surface area contributed by atoms with Crippen molar-refractivity contribution in [1.29, 1.82) is 0 Å². The van der Waals surface area contributed by atoms with Gasteiger partial charge >= 0.3 is 5.97 Å². The number of carbonyl (C=O) groups is 2. The molecule has 0 aromatic heterocycles. The number of ether oxygens (including phenoxy) is 1. The Morgan fingerprint density at radius 2 is 1.76 bits per heavy atom. The molecule has 0 aliphatic heterocycles. The second kappa shape index (κ2) is 9.97. The number of Topliss-reactive ketones (excluding diaryl/α,β-unsaturated/α-hetero) is 1. The van der Waals surface area contributed by atoms with Crippen LogP contribution < -0.4 is 0 Å². The van der Waals surface area contributed by atoms with Crippen LogP contribution in [-0.2, 0) is 14.3 Å². The van der Waals surface area contributed by atoms with Crippen molar-refractivity contribution in [3.63, 3.8) is 0 Å². The molecule has 0 saturated carbocycles. The molecule has 0 spiro atoms. The zero-order chi connectivity index (χ0) is 16.5. The summed E-state index contributed by atoms with van der Waals surface area (Å²) < 4.78 is 5.55. The highest BCUT2D eigenvalue weighted by Gasteiger charge is 2.43.